The molecule has 6 nitrogen and oxygen atoms in total. The molecule has 0 unspecified atom stereocenters. The summed E-state index contributed by atoms with van der Waals surface area (Å²) in [5.41, 5.74) is 2.86. The van der Waals surface area contributed by atoms with Crippen molar-refractivity contribution in [3.63, 3.8) is 0 Å². The summed E-state index contributed by atoms with van der Waals surface area (Å²) in [6.07, 6.45) is 7.21. The van der Waals surface area contributed by atoms with Crippen molar-refractivity contribution in [2.75, 3.05) is 5.32 Å². The van der Waals surface area contributed by atoms with Crippen molar-refractivity contribution in [2.45, 2.75) is 26.4 Å². The van der Waals surface area contributed by atoms with E-state index in [1.807, 2.05) is 49.5 Å². The molecule has 2 heterocycles. The first kappa shape index (κ1) is 16.7. The van der Waals surface area contributed by atoms with Crippen molar-refractivity contribution in [1.29, 1.82) is 0 Å². The summed E-state index contributed by atoms with van der Waals surface area (Å²) in [5.74, 6) is 0.976. The second-order valence-electron chi connectivity index (χ2n) is 5.85. The van der Waals surface area contributed by atoms with Crippen molar-refractivity contribution in [3.8, 4) is 0 Å². The molecule has 0 spiro atoms. The van der Waals surface area contributed by atoms with Crippen LogP contribution in [-0.2, 0) is 6.54 Å². The first-order valence-electron chi connectivity index (χ1n) is 8.16. The zero-order valence-electron chi connectivity index (χ0n) is 14.3. The number of carbonyl (C=O) groups excluding carboxylic acids is 1. The molecule has 0 aliphatic heterocycles. The van der Waals surface area contributed by atoms with Crippen LogP contribution in [0.3, 0.4) is 0 Å². The monoisotopic (exact) mass is 335 g/mol. The van der Waals surface area contributed by atoms with E-state index in [4.69, 9.17) is 0 Å². The molecule has 2 N–H and O–H groups in total. The van der Waals surface area contributed by atoms with E-state index in [0.29, 0.717) is 6.54 Å². The SMILES string of the molecule is Cc1nccn1[C@@H](C)c1ccc(NC(=O)NCc2cccnc2)cc1. The van der Waals surface area contributed by atoms with Crippen LogP contribution in [0.15, 0.2) is 61.2 Å². The van der Waals surface area contributed by atoms with Gasteiger partial charge in [-0.15, -0.1) is 0 Å². The highest BCUT2D eigenvalue weighted by molar-refractivity contribution is 5.89. The Morgan fingerprint density at radius 2 is 2.00 bits per heavy atom. The first-order valence-corrected chi connectivity index (χ1v) is 8.16. The number of amides is 2. The van der Waals surface area contributed by atoms with Gasteiger partial charge in [0.1, 0.15) is 5.82 Å². The highest BCUT2D eigenvalue weighted by Gasteiger charge is 2.10. The minimum Gasteiger partial charge on any atom is -0.334 e. The molecular formula is C19H21N5O. The van der Waals surface area contributed by atoms with Crippen LogP contribution in [0.5, 0.6) is 0 Å². The smallest absolute Gasteiger partial charge is 0.319 e. The molecule has 0 radical (unpaired) electrons. The maximum Gasteiger partial charge on any atom is 0.319 e. The zero-order chi connectivity index (χ0) is 17.6. The van der Waals surface area contributed by atoms with Crippen LogP contribution in [0.4, 0.5) is 10.5 Å². The number of carbonyl (C=O) groups is 1. The first-order chi connectivity index (χ1) is 12.1. The molecule has 3 aromatic rings. The van der Waals surface area contributed by atoms with E-state index in [-0.39, 0.29) is 12.1 Å². The molecular weight excluding hydrogens is 314 g/mol. The fourth-order valence-electron chi connectivity index (χ4n) is 2.66. The van der Waals surface area contributed by atoms with E-state index in [0.717, 1.165) is 22.6 Å². The molecule has 0 saturated heterocycles. The molecule has 0 saturated carbocycles. The van der Waals surface area contributed by atoms with Gasteiger partial charge in [0.25, 0.3) is 0 Å². The molecule has 0 bridgehead atoms. The lowest BCUT2D eigenvalue weighted by molar-refractivity contribution is 0.251. The van der Waals surface area contributed by atoms with Gasteiger partial charge in [0.15, 0.2) is 0 Å². The molecule has 0 aliphatic rings. The van der Waals surface area contributed by atoms with E-state index >= 15 is 0 Å². The topological polar surface area (TPSA) is 71.8 Å². The molecule has 25 heavy (non-hydrogen) atoms. The molecule has 3 rings (SSSR count). The molecule has 2 amide bonds. The Hall–Kier alpha value is -3.15. The zero-order valence-corrected chi connectivity index (χ0v) is 14.3. The van der Waals surface area contributed by atoms with Crippen molar-refractivity contribution in [2.24, 2.45) is 0 Å². The maximum absolute atomic E-state index is 12.0. The van der Waals surface area contributed by atoms with E-state index in [9.17, 15) is 4.79 Å². The second-order valence-corrected chi connectivity index (χ2v) is 5.85. The number of rotatable bonds is 5. The highest BCUT2D eigenvalue weighted by atomic mass is 16.2. The number of nitrogens with zero attached hydrogens (tertiary/aromatic N) is 3. The standard InChI is InChI=1S/C19H21N5O/c1-14(24-11-10-21-15(24)2)17-5-7-18(8-6-17)23-19(25)22-13-16-4-3-9-20-12-16/h3-12,14H,13H2,1-2H3,(H2,22,23,25)/t14-/m0/s1. The number of anilines is 1. The van der Waals surface area contributed by atoms with E-state index in [1.54, 1.807) is 18.6 Å². The van der Waals surface area contributed by atoms with E-state index < -0.39 is 0 Å². The molecule has 1 aromatic carbocycles. The lowest BCUT2D eigenvalue weighted by atomic mass is 10.1. The van der Waals surface area contributed by atoms with Gasteiger partial charge in [-0.05, 0) is 43.2 Å². The van der Waals surface area contributed by atoms with Gasteiger partial charge in [0, 0.05) is 37.0 Å². The summed E-state index contributed by atoms with van der Waals surface area (Å²) >= 11 is 0. The van der Waals surface area contributed by atoms with Gasteiger partial charge in [-0.25, -0.2) is 9.78 Å². The number of hydrogen-bond donors (Lipinski definition) is 2. The third-order valence-corrected chi connectivity index (χ3v) is 4.11. The molecule has 6 heteroatoms. The number of aryl methyl sites for hydroxylation is 1. The summed E-state index contributed by atoms with van der Waals surface area (Å²) in [7, 11) is 0. The van der Waals surface area contributed by atoms with Crippen LogP contribution in [0.2, 0.25) is 0 Å². The summed E-state index contributed by atoms with van der Waals surface area (Å²) < 4.78 is 2.11. The summed E-state index contributed by atoms with van der Waals surface area (Å²) in [6, 6.07) is 11.6. The Morgan fingerprint density at radius 3 is 2.64 bits per heavy atom. The van der Waals surface area contributed by atoms with E-state index in [2.05, 4.69) is 32.1 Å². The minimum atomic E-state index is -0.241. The maximum atomic E-state index is 12.0. The van der Waals surface area contributed by atoms with Crippen molar-refractivity contribution >= 4 is 11.7 Å². The summed E-state index contributed by atoms with van der Waals surface area (Å²) in [4.78, 5) is 20.3. The Kier molecular flexibility index (Phi) is 5.09. The molecule has 0 aliphatic carbocycles. The third-order valence-electron chi connectivity index (χ3n) is 4.11. The number of hydrogen-bond acceptors (Lipinski definition) is 3. The predicted octanol–water partition coefficient (Wildman–Crippen LogP) is 3.52. The largest absolute Gasteiger partial charge is 0.334 e. The Morgan fingerprint density at radius 1 is 1.20 bits per heavy atom. The van der Waals surface area contributed by atoms with Crippen molar-refractivity contribution < 1.29 is 4.79 Å². The molecule has 128 valence electrons. The number of imidazole rings is 1. The summed E-state index contributed by atoms with van der Waals surface area (Å²) in [6.45, 7) is 4.55. The Labute approximate surface area is 146 Å². The lowest BCUT2D eigenvalue weighted by Gasteiger charge is -2.16. The highest BCUT2D eigenvalue weighted by Crippen LogP contribution is 2.21. The quantitative estimate of drug-likeness (QED) is 0.749. The van der Waals surface area contributed by atoms with Gasteiger partial charge in [-0.2, -0.15) is 0 Å². The van der Waals surface area contributed by atoms with Gasteiger partial charge < -0.3 is 15.2 Å². The van der Waals surface area contributed by atoms with Crippen LogP contribution >= 0.6 is 0 Å². The van der Waals surface area contributed by atoms with Gasteiger partial charge in [-0.3, -0.25) is 4.98 Å². The van der Waals surface area contributed by atoms with E-state index in [1.165, 1.54) is 0 Å². The Bertz CT molecular complexity index is 827. The molecule has 2 aromatic heterocycles. The second kappa shape index (κ2) is 7.61. The molecule has 1 atom stereocenters. The number of nitrogens with one attached hydrogen (secondary N) is 2. The fourth-order valence-corrected chi connectivity index (χ4v) is 2.66. The predicted molar refractivity (Wildman–Crippen MR) is 97.3 cm³/mol. The average molecular weight is 335 g/mol. The number of urea groups is 1. The lowest BCUT2D eigenvalue weighted by Crippen LogP contribution is -2.28. The van der Waals surface area contributed by atoms with Gasteiger partial charge in [0.05, 0.1) is 6.04 Å². The normalized spacial score (nSPS) is 11.8. The summed E-state index contributed by atoms with van der Waals surface area (Å²) in [5, 5.41) is 5.65. The van der Waals surface area contributed by atoms with Crippen LogP contribution < -0.4 is 10.6 Å². The van der Waals surface area contributed by atoms with Gasteiger partial charge >= 0.3 is 6.03 Å². The third kappa shape index (κ3) is 4.23. The molecule has 0 fully saturated rings. The van der Waals surface area contributed by atoms with Crippen LogP contribution in [-0.4, -0.2) is 20.6 Å². The number of benzene rings is 1. The van der Waals surface area contributed by atoms with Crippen LogP contribution in [0.1, 0.15) is 29.9 Å². The Balaban J connectivity index is 1.57. The minimum absolute atomic E-state index is 0.191. The van der Waals surface area contributed by atoms with Gasteiger partial charge in [0.2, 0.25) is 0 Å². The van der Waals surface area contributed by atoms with Crippen LogP contribution in [0.25, 0.3) is 0 Å². The number of pyridine rings is 1. The fraction of sp³-hybridized carbons (Fsp3) is 0.211. The van der Waals surface area contributed by atoms with Gasteiger partial charge in [-0.1, -0.05) is 18.2 Å². The number of aromatic nitrogens is 3. The van der Waals surface area contributed by atoms with Crippen molar-refractivity contribution in [1.82, 2.24) is 19.9 Å². The van der Waals surface area contributed by atoms with Crippen LogP contribution in [0, 0.1) is 6.92 Å². The van der Waals surface area contributed by atoms with Crippen molar-refractivity contribution in [3.05, 3.63) is 78.1 Å². The average Bonchev–Trinajstić information content (AvgIpc) is 3.07.